The van der Waals surface area contributed by atoms with Gasteiger partial charge in [0.15, 0.2) is 4.84 Å². The summed E-state index contributed by atoms with van der Waals surface area (Å²) in [6.07, 6.45) is 0.381. The number of nitrogens with zero attached hydrogens (tertiary/aromatic N) is 1. The van der Waals surface area contributed by atoms with Crippen molar-refractivity contribution < 1.29 is 23.9 Å². The Kier molecular flexibility index (Phi) is 8.79. The fourth-order valence-electron chi connectivity index (χ4n) is 1.22. The number of alkyl halides is 2. The van der Waals surface area contributed by atoms with Gasteiger partial charge >= 0.3 is 12.2 Å². The van der Waals surface area contributed by atoms with E-state index >= 15 is 0 Å². The van der Waals surface area contributed by atoms with Crippen LogP contribution in [0.15, 0.2) is 0 Å². The molecule has 112 valence electrons. The molecule has 0 saturated heterocycles. The van der Waals surface area contributed by atoms with Crippen molar-refractivity contribution >= 4 is 47.1 Å². The normalized spacial score (nSPS) is 11.7. The van der Waals surface area contributed by atoms with Crippen LogP contribution in [0, 0.1) is 5.53 Å². The van der Waals surface area contributed by atoms with Gasteiger partial charge in [0, 0.05) is 6.42 Å². The van der Waals surface area contributed by atoms with Gasteiger partial charge < -0.3 is 10.1 Å². The molecule has 1 atom stereocenters. The van der Waals surface area contributed by atoms with Crippen molar-refractivity contribution in [2.24, 2.45) is 0 Å². The highest BCUT2D eigenvalue weighted by molar-refractivity contribution is 6.53. The lowest BCUT2D eigenvalue weighted by atomic mass is 10.1. The van der Waals surface area contributed by atoms with E-state index in [-0.39, 0.29) is 18.9 Å². The summed E-state index contributed by atoms with van der Waals surface area (Å²) in [7, 11) is 0. The fraction of sp³-hybridized carbons (Fsp3) is 0.636. The number of nitrogens with one attached hydrogen (secondary N) is 2. The molecule has 0 aromatic carbocycles. The second kappa shape index (κ2) is 9.47. The predicted molar refractivity (Wildman–Crippen MR) is 71.9 cm³/mol. The first kappa shape index (κ1) is 18.6. The van der Waals surface area contributed by atoms with Gasteiger partial charge in [-0.3, -0.25) is 9.59 Å². The Bertz CT molecular complexity index is 420. The molecule has 0 unspecified atom stereocenters. The molecule has 0 heterocycles. The minimum Gasteiger partial charge on any atom is -0.461 e. The van der Waals surface area contributed by atoms with Crippen LogP contribution < -0.4 is 5.32 Å². The quantitative estimate of drug-likeness (QED) is 0.227. The van der Waals surface area contributed by atoms with Crippen molar-refractivity contribution in [3.63, 3.8) is 0 Å². The molecule has 20 heavy (non-hydrogen) atoms. The first-order chi connectivity index (χ1) is 9.27. The predicted octanol–water partition coefficient (Wildman–Crippen LogP) is 0.886. The van der Waals surface area contributed by atoms with Gasteiger partial charge in [0.1, 0.15) is 6.04 Å². The summed E-state index contributed by atoms with van der Waals surface area (Å²) in [5.74, 6) is -1.87. The maximum atomic E-state index is 11.8. The zero-order valence-corrected chi connectivity index (χ0v) is 12.6. The van der Waals surface area contributed by atoms with E-state index in [0.29, 0.717) is 0 Å². The van der Waals surface area contributed by atoms with Crippen LogP contribution in [0.3, 0.4) is 0 Å². The van der Waals surface area contributed by atoms with E-state index in [9.17, 15) is 14.4 Å². The molecule has 0 aliphatic rings. The lowest BCUT2D eigenvalue weighted by Gasteiger charge is -2.18. The Balaban J connectivity index is 4.69. The summed E-state index contributed by atoms with van der Waals surface area (Å²) in [6.45, 7) is 3.31. The standard InChI is InChI=1S/C11H15Cl2N3O4/c1-6(2)20-11(19)8(16-10(18)9(12)13)4-3-7(17)5-15-14/h5-6,8-9,14H,3-4H2,1-2H3/p+1/t8-/m0/s1. The van der Waals surface area contributed by atoms with Crippen LogP contribution in [0.1, 0.15) is 26.7 Å². The molecule has 0 aromatic heterocycles. The molecule has 0 bridgehead atoms. The number of rotatable bonds is 8. The van der Waals surface area contributed by atoms with Crippen LogP contribution in [-0.4, -0.2) is 45.6 Å². The summed E-state index contributed by atoms with van der Waals surface area (Å²) in [5, 5.41) is 2.30. The fourth-order valence-corrected chi connectivity index (χ4v) is 1.35. The molecule has 0 aliphatic carbocycles. The van der Waals surface area contributed by atoms with Crippen LogP contribution >= 0.6 is 23.2 Å². The maximum Gasteiger partial charge on any atom is 0.372 e. The van der Waals surface area contributed by atoms with Gasteiger partial charge in [-0.15, -0.1) is 0 Å². The smallest absolute Gasteiger partial charge is 0.372 e. The Hall–Kier alpha value is -1.43. The number of carbonyl (C=O) groups excluding carboxylic acids is 3. The molecule has 0 rings (SSSR count). The number of halogens is 2. The van der Waals surface area contributed by atoms with Crippen LogP contribution in [0.5, 0.6) is 0 Å². The number of Topliss-reactive ketones (excluding diaryl/α,β-unsaturated/α-hetero) is 1. The van der Waals surface area contributed by atoms with Gasteiger partial charge in [0.2, 0.25) is 5.78 Å². The molecule has 0 aromatic rings. The van der Waals surface area contributed by atoms with E-state index in [1.165, 1.54) is 0 Å². The summed E-state index contributed by atoms with van der Waals surface area (Å²) in [4.78, 5) is 35.9. The van der Waals surface area contributed by atoms with E-state index in [4.69, 9.17) is 33.5 Å². The topological polar surface area (TPSA) is 110 Å². The molecule has 0 saturated carbocycles. The van der Waals surface area contributed by atoms with Gasteiger partial charge in [-0.05, 0) is 20.3 Å². The largest absolute Gasteiger partial charge is 0.461 e. The van der Waals surface area contributed by atoms with E-state index in [0.717, 1.165) is 6.21 Å². The van der Waals surface area contributed by atoms with Crippen molar-refractivity contribution in [1.29, 1.82) is 5.53 Å². The molecule has 9 heteroatoms. The van der Waals surface area contributed by atoms with Crippen molar-refractivity contribution in [2.45, 2.75) is 43.7 Å². The monoisotopic (exact) mass is 324 g/mol. The summed E-state index contributed by atoms with van der Waals surface area (Å²) in [6, 6.07) is -1.03. The van der Waals surface area contributed by atoms with Crippen molar-refractivity contribution in [3.8, 4) is 0 Å². The molecule has 0 radical (unpaired) electrons. The average molecular weight is 325 g/mol. The highest BCUT2D eigenvalue weighted by atomic mass is 35.5. The van der Waals surface area contributed by atoms with Crippen molar-refractivity contribution in [1.82, 2.24) is 5.32 Å². The second-order valence-corrected chi connectivity index (χ2v) is 5.21. The molecule has 7 nitrogen and oxygen atoms in total. The Morgan fingerprint density at radius 1 is 1.35 bits per heavy atom. The minimum absolute atomic E-state index is 0.00262. The third-order valence-corrected chi connectivity index (χ3v) is 2.44. The van der Waals surface area contributed by atoms with Gasteiger partial charge in [0.25, 0.3) is 5.91 Å². The van der Waals surface area contributed by atoms with Crippen LogP contribution in [0.2, 0.25) is 0 Å². The number of ketones is 1. The lowest BCUT2D eigenvalue weighted by Crippen LogP contribution is -2.44. The molecule has 0 fully saturated rings. The highest BCUT2D eigenvalue weighted by Gasteiger charge is 2.26. The van der Waals surface area contributed by atoms with Gasteiger partial charge in [-0.2, -0.15) is 0 Å². The van der Waals surface area contributed by atoms with Gasteiger partial charge in [-0.25, -0.2) is 4.79 Å². The third-order valence-electron chi connectivity index (χ3n) is 2.04. The van der Waals surface area contributed by atoms with E-state index in [2.05, 4.69) is 10.1 Å². The van der Waals surface area contributed by atoms with Crippen LogP contribution in [-0.2, 0) is 19.1 Å². The number of esters is 1. The van der Waals surface area contributed by atoms with Gasteiger partial charge in [0.05, 0.1) is 16.4 Å². The molecule has 0 aliphatic heterocycles. The zero-order chi connectivity index (χ0) is 15.7. The Morgan fingerprint density at radius 2 is 1.95 bits per heavy atom. The number of carbonyl (C=O) groups is 3. The van der Waals surface area contributed by atoms with Crippen LogP contribution in [0.4, 0.5) is 0 Å². The summed E-state index contributed by atoms with van der Waals surface area (Å²) >= 11 is 10.8. The molecular formula is C11H16Cl2N3O4+. The first-order valence-corrected chi connectivity index (χ1v) is 6.66. The third kappa shape index (κ3) is 7.89. The zero-order valence-electron chi connectivity index (χ0n) is 11.1. The molecule has 0 spiro atoms. The van der Waals surface area contributed by atoms with E-state index in [1.54, 1.807) is 13.8 Å². The average Bonchev–Trinajstić information content (AvgIpc) is 2.33. The number of amides is 1. The highest BCUT2D eigenvalue weighted by Crippen LogP contribution is 2.07. The Morgan fingerprint density at radius 3 is 2.40 bits per heavy atom. The minimum atomic E-state index is -1.32. The van der Waals surface area contributed by atoms with Gasteiger partial charge in [-0.1, -0.05) is 23.2 Å². The van der Waals surface area contributed by atoms with E-state index in [1.807, 2.05) is 0 Å². The van der Waals surface area contributed by atoms with Crippen molar-refractivity contribution in [3.05, 3.63) is 0 Å². The molecule has 2 N–H and O–H groups in total. The summed E-state index contributed by atoms with van der Waals surface area (Å²) in [5.41, 5.74) is 6.52. The summed E-state index contributed by atoms with van der Waals surface area (Å²) < 4.78 is 4.96. The number of ether oxygens (including phenoxy) is 1. The van der Waals surface area contributed by atoms with E-state index < -0.39 is 28.5 Å². The lowest BCUT2D eigenvalue weighted by molar-refractivity contribution is -0.151. The SMILES string of the molecule is CC(C)OC(=O)[C@H](CCC(=O)C=[N+]=N)NC(=O)C(Cl)Cl. The molecular weight excluding hydrogens is 309 g/mol. The van der Waals surface area contributed by atoms with Crippen LogP contribution in [0.25, 0.3) is 0 Å². The molecule has 1 amide bonds. The Labute approximate surface area is 126 Å². The second-order valence-electron chi connectivity index (χ2n) is 4.11. The first-order valence-electron chi connectivity index (χ1n) is 5.79. The maximum absolute atomic E-state index is 11.8. The number of hydrogen-bond donors (Lipinski definition) is 2. The van der Waals surface area contributed by atoms with Crippen molar-refractivity contribution in [2.75, 3.05) is 0 Å². The number of hydrogen-bond acceptors (Lipinski definition) is 5.